The zero-order chi connectivity index (χ0) is 11.7. The van der Waals surface area contributed by atoms with Crippen LogP contribution in [0.4, 0.5) is 0 Å². The number of hydrogen-bond acceptors (Lipinski definition) is 1. The van der Waals surface area contributed by atoms with Crippen molar-refractivity contribution in [3.8, 4) is 0 Å². The highest BCUT2D eigenvalue weighted by atomic mass is 35.5. The molecule has 1 heterocycles. The van der Waals surface area contributed by atoms with Crippen LogP contribution in [0, 0.1) is 13.8 Å². The molecular weight excluding hydrogens is 222 g/mol. The molecule has 0 saturated carbocycles. The van der Waals surface area contributed by atoms with Gasteiger partial charge in [-0.2, -0.15) is 0 Å². The van der Waals surface area contributed by atoms with Gasteiger partial charge in [0.05, 0.1) is 5.38 Å². The van der Waals surface area contributed by atoms with E-state index in [-0.39, 0.29) is 11.3 Å². The number of benzene rings is 1. The summed E-state index contributed by atoms with van der Waals surface area (Å²) in [6.07, 6.45) is 0.901. The fraction of sp³-hybridized carbons (Fsp3) is 0.462. The van der Waals surface area contributed by atoms with Crippen LogP contribution in [-0.4, -0.2) is 29.3 Å². The van der Waals surface area contributed by atoms with Gasteiger partial charge in [-0.25, -0.2) is 0 Å². The van der Waals surface area contributed by atoms with Crippen molar-refractivity contribution in [3.05, 3.63) is 34.9 Å². The minimum atomic E-state index is 0.106. The monoisotopic (exact) mass is 237 g/mol. The van der Waals surface area contributed by atoms with E-state index in [0.29, 0.717) is 6.54 Å². The molecule has 16 heavy (non-hydrogen) atoms. The third-order valence-electron chi connectivity index (χ3n) is 2.89. The van der Waals surface area contributed by atoms with Crippen molar-refractivity contribution in [1.82, 2.24) is 4.90 Å². The van der Waals surface area contributed by atoms with Gasteiger partial charge in [-0.05, 0) is 32.4 Å². The predicted molar refractivity (Wildman–Crippen MR) is 66.1 cm³/mol. The molecule has 0 aromatic heterocycles. The van der Waals surface area contributed by atoms with Crippen molar-refractivity contribution in [2.75, 3.05) is 13.1 Å². The van der Waals surface area contributed by atoms with Gasteiger partial charge in [-0.3, -0.25) is 4.79 Å². The van der Waals surface area contributed by atoms with E-state index >= 15 is 0 Å². The fourth-order valence-electron chi connectivity index (χ4n) is 2.18. The molecule has 0 radical (unpaired) electrons. The summed E-state index contributed by atoms with van der Waals surface area (Å²) in [7, 11) is 0. The van der Waals surface area contributed by atoms with Gasteiger partial charge in [0.1, 0.15) is 0 Å². The predicted octanol–water partition coefficient (Wildman–Crippen LogP) is 2.76. The Balaban J connectivity index is 2.20. The van der Waals surface area contributed by atoms with Crippen LogP contribution in [0.1, 0.15) is 27.9 Å². The van der Waals surface area contributed by atoms with Gasteiger partial charge in [0.2, 0.25) is 0 Å². The molecule has 0 aliphatic carbocycles. The van der Waals surface area contributed by atoms with Crippen molar-refractivity contribution in [3.63, 3.8) is 0 Å². The lowest BCUT2D eigenvalue weighted by Gasteiger charge is -2.16. The SMILES string of the molecule is Cc1cc(C)cc(C(=O)N2CCC(Cl)C2)c1. The molecule has 1 unspecified atom stereocenters. The summed E-state index contributed by atoms with van der Waals surface area (Å²) < 4.78 is 0. The van der Waals surface area contributed by atoms with Crippen LogP contribution >= 0.6 is 11.6 Å². The lowest BCUT2D eigenvalue weighted by molar-refractivity contribution is 0.0793. The topological polar surface area (TPSA) is 20.3 Å². The molecular formula is C13H16ClNO. The zero-order valence-electron chi connectivity index (χ0n) is 9.66. The largest absolute Gasteiger partial charge is 0.337 e. The molecule has 1 aromatic rings. The fourth-order valence-corrected chi connectivity index (χ4v) is 2.45. The summed E-state index contributed by atoms with van der Waals surface area (Å²) in [6.45, 7) is 5.48. The molecule has 0 N–H and O–H groups in total. The number of alkyl halides is 1. The van der Waals surface area contributed by atoms with Gasteiger partial charge < -0.3 is 4.90 Å². The van der Waals surface area contributed by atoms with Gasteiger partial charge in [-0.1, -0.05) is 17.2 Å². The zero-order valence-corrected chi connectivity index (χ0v) is 10.4. The summed E-state index contributed by atoms with van der Waals surface area (Å²) in [4.78, 5) is 14.0. The molecule has 86 valence electrons. The van der Waals surface area contributed by atoms with Crippen LogP contribution in [0.5, 0.6) is 0 Å². The number of nitrogens with zero attached hydrogens (tertiary/aromatic N) is 1. The summed E-state index contributed by atoms with van der Waals surface area (Å²) in [5, 5.41) is 0.120. The average Bonchev–Trinajstić information content (AvgIpc) is 2.62. The second-order valence-corrected chi connectivity index (χ2v) is 5.13. The standard InChI is InChI=1S/C13H16ClNO/c1-9-5-10(2)7-11(6-9)13(16)15-4-3-12(14)8-15/h5-7,12H,3-4,8H2,1-2H3. The van der Waals surface area contributed by atoms with E-state index in [4.69, 9.17) is 11.6 Å². The summed E-state index contributed by atoms with van der Waals surface area (Å²) >= 11 is 6.01. The van der Waals surface area contributed by atoms with E-state index in [1.54, 1.807) is 0 Å². The minimum Gasteiger partial charge on any atom is -0.337 e. The van der Waals surface area contributed by atoms with Gasteiger partial charge in [0, 0.05) is 18.7 Å². The summed E-state index contributed by atoms with van der Waals surface area (Å²) in [6, 6.07) is 5.96. The number of likely N-dealkylation sites (tertiary alicyclic amines) is 1. The minimum absolute atomic E-state index is 0.106. The summed E-state index contributed by atoms with van der Waals surface area (Å²) in [5.41, 5.74) is 3.04. The summed E-state index contributed by atoms with van der Waals surface area (Å²) in [5.74, 6) is 0.106. The average molecular weight is 238 g/mol. The molecule has 1 aromatic carbocycles. The van der Waals surface area contributed by atoms with Gasteiger partial charge in [-0.15, -0.1) is 11.6 Å². The lowest BCUT2D eigenvalue weighted by atomic mass is 10.1. The molecule has 1 aliphatic heterocycles. The van der Waals surface area contributed by atoms with Crippen LogP contribution in [0.25, 0.3) is 0 Å². The number of halogens is 1. The first-order valence-electron chi connectivity index (χ1n) is 5.58. The molecule has 1 atom stereocenters. The van der Waals surface area contributed by atoms with E-state index in [1.165, 1.54) is 0 Å². The smallest absolute Gasteiger partial charge is 0.253 e. The Morgan fingerprint density at radius 1 is 1.31 bits per heavy atom. The number of carbonyl (C=O) groups excluding carboxylic acids is 1. The maximum atomic E-state index is 12.2. The van der Waals surface area contributed by atoms with Crippen molar-refractivity contribution in [2.24, 2.45) is 0 Å². The van der Waals surface area contributed by atoms with Crippen molar-refractivity contribution >= 4 is 17.5 Å². The van der Waals surface area contributed by atoms with Gasteiger partial charge >= 0.3 is 0 Å². The highest BCUT2D eigenvalue weighted by Crippen LogP contribution is 2.18. The van der Waals surface area contributed by atoms with Crippen LogP contribution < -0.4 is 0 Å². The van der Waals surface area contributed by atoms with Crippen LogP contribution in [0.2, 0.25) is 0 Å². The first-order chi connectivity index (χ1) is 7.56. The first-order valence-corrected chi connectivity index (χ1v) is 6.01. The highest BCUT2D eigenvalue weighted by Gasteiger charge is 2.25. The molecule has 1 aliphatic rings. The molecule has 3 heteroatoms. The van der Waals surface area contributed by atoms with Crippen molar-refractivity contribution in [2.45, 2.75) is 25.6 Å². The third kappa shape index (κ3) is 2.38. The van der Waals surface area contributed by atoms with Crippen LogP contribution in [0.3, 0.4) is 0 Å². The van der Waals surface area contributed by atoms with E-state index in [1.807, 2.05) is 30.9 Å². The molecule has 1 fully saturated rings. The Bertz CT molecular complexity index is 396. The molecule has 0 bridgehead atoms. The second kappa shape index (κ2) is 4.46. The quantitative estimate of drug-likeness (QED) is 0.688. The van der Waals surface area contributed by atoms with E-state index in [9.17, 15) is 4.79 Å². The Kier molecular flexibility index (Phi) is 3.20. The molecule has 2 nitrogen and oxygen atoms in total. The highest BCUT2D eigenvalue weighted by molar-refractivity contribution is 6.21. The van der Waals surface area contributed by atoms with E-state index in [2.05, 4.69) is 6.07 Å². The van der Waals surface area contributed by atoms with Gasteiger partial charge in [0.15, 0.2) is 0 Å². The number of rotatable bonds is 1. The maximum absolute atomic E-state index is 12.2. The molecule has 1 saturated heterocycles. The van der Waals surface area contributed by atoms with Crippen LogP contribution in [-0.2, 0) is 0 Å². The first kappa shape index (κ1) is 11.5. The van der Waals surface area contributed by atoms with Crippen molar-refractivity contribution in [1.29, 1.82) is 0 Å². The second-order valence-electron chi connectivity index (χ2n) is 4.51. The Morgan fingerprint density at radius 2 is 1.94 bits per heavy atom. The van der Waals surface area contributed by atoms with Crippen LogP contribution in [0.15, 0.2) is 18.2 Å². The normalized spacial score (nSPS) is 20.2. The molecule has 0 spiro atoms. The van der Waals surface area contributed by atoms with E-state index < -0.39 is 0 Å². The number of amides is 1. The number of carbonyl (C=O) groups is 1. The Labute approximate surface area is 101 Å². The molecule has 1 amide bonds. The van der Waals surface area contributed by atoms with Crippen molar-refractivity contribution < 1.29 is 4.79 Å². The number of hydrogen-bond donors (Lipinski definition) is 0. The maximum Gasteiger partial charge on any atom is 0.253 e. The van der Waals surface area contributed by atoms with E-state index in [0.717, 1.165) is 29.7 Å². The molecule has 2 rings (SSSR count). The number of aryl methyl sites for hydroxylation is 2. The Morgan fingerprint density at radius 3 is 2.44 bits per heavy atom. The lowest BCUT2D eigenvalue weighted by Crippen LogP contribution is -2.28. The Hall–Kier alpha value is -1.02. The van der Waals surface area contributed by atoms with Gasteiger partial charge in [0.25, 0.3) is 5.91 Å². The third-order valence-corrected chi connectivity index (χ3v) is 3.24.